The number of primary amides is 1. The normalized spacial score (nSPS) is 24.1. The van der Waals surface area contributed by atoms with Gasteiger partial charge in [0.05, 0.1) is 10.8 Å². The Morgan fingerprint density at radius 2 is 1.94 bits per heavy atom. The van der Waals surface area contributed by atoms with Crippen LogP contribution in [-0.2, 0) is 14.4 Å². The fraction of sp³-hybridized carbons (Fsp3) is 0.750. The number of rotatable bonds is 4. The standard InChI is InChI=1S/C12H20N2O4/c1-11(2,10(17)18)6-8(15)14-5-4-12(3,7-14)9(13)16/h4-7H2,1-3H3,(H2,13,16)(H,17,18). The van der Waals surface area contributed by atoms with Crippen LogP contribution in [0.5, 0.6) is 0 Å². The first-order chi connectivity index (χ1) is 8.08. The highest BCUT2D eigenvalue weighted by atomic mass is 16.4. The van der Waals surface area contributed by atoms with Gasteiger partial charge in [-0.05, 0) is 27.2 Å². The number of carboxylic acid groups (broad SMARTS) is 1. The summed E-state index contributed by atoms with van der Waals surface area (Å²) < 4.78 is 0. The second-order valence-electron chi connectivity index (χ2n) is 5.86. The van der Waals surface area contributed by atoms with Crippen LogP contribution in [0.4, 0.5) is 0 Å². The highest BCUT2D eigenvalue weighted by Crippen LogP contribution is 2.31. The molecule has 0 radical (unpaired) electrons. The van der Waals surface area contributed by atoms with E-state index in [0.29, 0.717) is 13.0 Å². The van der Waals surface area contributed by atoms with Gasteiger partial charge in [-0.15, -0.1) is 0 Å². The second-order valence-corrected chi connectivity index (χ2v) is 5.86. The van der Waals surface area contributed by atoms with E-state index in [-0.39, 0.29) is 18.9 Å². The minimum atomic E-state index is -1.09. The number of aliphatic carboxylic acids is 1. The van der Waals surface area contributed by atoms with E-state index in [9.17, 15) is 14.4 Å². The summed E-state index contributed by atoms with van der Waals surface area (Å²) in [7, 11) is 0. The van der Waals surface area contributed by atoms with E-state index in [1.165, 1.54) is 18.7 Å². The van der Waals surface area contributed by atoms with Crippen LogP contribution in [0.2, 0.25) is 0 Å². The van der Waals surface area contributed by atoms with Crippen molar-refractivity contribution in [2.24, 2.45) is 16.6 Å². The summed E-state index contributed by atoms with van der Waals surface area (Å²) in [5.74, 6) is -1.67. The zero-order chi connectivity index (χ0) is 14.1. The molecule has 1 fully saturated rings. The lowest BCUT2D eigenvalue weighted by Gasteiger charge is -2.24. The van der Waals surface area contributed by atoms with E-state index in [1.54, 1.807) is 6.92 Å². The van der Waals surface area contributed by atoms with E-state index < -0.39 is 22.7 Å². The number of likely N-dealkylation sites (tertiary alicyclic amines) is 1. The molecule has 0 aromatic carbocycles. The predicted molar refractivity (Wildman–Crippen MR) is 64.5 cm³/mol. The molecule has 0 saturated carbocycles. The molecule has 1 rings (SSSR count). The second kappa shape index (κ2) is 4.59. The summed E-state index contributed by atoms with van der Waals surface area (Å²) in [6, 6.07) is 0. The van der Waals surface area contributed by atoms with E-state index in [0.717, 1.165) is 0 Å². The molecule has 1 saturated heterocycles. The Labute approximate surface area is 106 Å². The van der Waals surface area contributed by atoms with Gasteiger partial charge in [0.2, 0.25) is 11.8 Å². The van der Waals surface area contributed by atoms with E-state index in [1.807, 2.05) is 0 Å². The van der Waals surface area contributed by atoms with Crippen LogP contribution < -0.4 is 5.73 Å². The summed E-state index contributed by atoms with van der Waals surface area (Å²) in [6.45, 7) is 5.48. The largest absolute Gasteiger partial charge is 0.481 e. The van der Waals surface area contributed by atoms with Crippen molar-refractivity contribution < 1.29 is 19.5 Å². The van der Waals surface area contributed by atoms with E-state index in [2.05, 4.69) is 0 Å². The Hall–Kier alpha value is -1.59. The molecule has 3 N–H and O–H groups in total. The topological polar surface area (TPSA) is 101 Å². The summed E-state index contributed by atoms with van der Waals surface area (Å²) in [5.41, 5.74) is 3.51. The van der Waals surface area contributed by atoms with Gasteiger partial charge < -0.3 is 15.7 Å². The molecular formula is C12H20N2O4. The van der Waals surface area contributed by atoms with Crippen molar-refractivity contribution in [2.75, 3.05) is 13.1 Å². The van der Waals surface area contributed by atoms with Crippen molar-refractivity contribution in [2.45, 2.75) is 33.6 Å². The molecule has 2 amide bonds. The number of carbonyl (C=O) groups is 3. The monoisotopic (exact) mass is 256 g/mol. The molecule has 0 bridgehead atoms. The van der Waals surface area contributed by atoms with Gasteiger partial charge in [-0.3, -0.25) is 14.4 Å². The average molecular weight is 256 g/mol. The van der Waals surface area contributed by atoms with Crippen LogP contribution in [-0.4, -0.2) is 40.9 Å². The number of nitrogens with two attached hydrogens (primary N) is 1. The van der Waals surface area contributed by atoms with Gasteiger partial charge >= 0.3 is 5.97 Å². The van der Waals surface area contributed by atoms with Gasteiger partial charge in [0, 0.05) is 19.5 Å². The fourth-order valence-corrected chi connectivity index (χ4v) is 1.94. The van der Waals surface area contributed by atoms with Crippen molar-refractivity contribution in [3.05, 3.63) is 0 Å². The molecule has 18 heavy (non-hydrogen) atoms. The highest BCUT2D eigenvalue weighted by Gasteiger charge is 2.42. The number of nitrogens with zero attached hydrogens (tertiary/aromatic N) is 1. The molecule has 0 aromatic rings. The number of hydrogen-bond donors (Lipinski definition) is 2. The maximum atomic E-state index is 12.0. The van der Waals surface area contributed by atoms with Crippen molar-refractivity contribution in [3.8, 4) is 0 Å². The Morgan fingerprint density at radius 1 is 1.39 bits per heavy atom. The maximum absolute atomic E-state index is 12.0. The molecule has 6 heteroatoms. The van der Waals surface area contributed by atoms with Gasteiger partial charge in [0.15, 0.2) is 0 Å². The van der Waals surface area contributed by atoms with Crippen LogP contribution in [0.25, 0.3) is 0 Å². The van der Waals surface area contributed by atoms with Crippen molar-refractivity contribution >= 4 is 17.8 Å². The van der Waals surface area contributed by atoms with E-state index >= 15 is 0 Å². The molecule has 1 unspecified atom stereocenters. The third-order valence-electron chi connectivity index (χ3n) is 3.59. The van der Waals surface area contributed by atoms with E-state index in [4.69, 9.17) is 10.8 Å². The number of hydrogen-bond acceptors (Lipinski definition) is 3. The molecule has 1 aliphatic heterocycles. The van der Waals surface area contributed by atoms with Crippen LogP contribution in [0.1, 0.15) is 33.6 Å². The van der Waals surface area contributed by atoms with Gasteiger partial charge in [0.25, 0.3) is 0 Å². The summed E-state index contributed by atoms with van der Waals surface area (Å²) >= 11 is 0. The lowest BCUT2D eigenvalue weighted by molar-refractivity contribution is -0.151. The summed E-state index contributed by atoms with van der Waals surface area (Å²) in [4.78, 5) is 35.7. The Kier molecular flexibility index (Phi) is 3.69. The number of carboxylic acids is 1. The molecule has 0 aliphatic carbocycles. The van der Waals surface area contributed by atoms with Crippen molar-refractivity contribution in [3.63, 3.8) is 0 Å². The van der Waals surface area contributed by atoms with Crippen LogP contribution in [0.15, 0.2) is 0 Å². The zero-order valence-electron chi connectivity index (χ0n) is 11.0. The lowest BCUT2D eigenvalue weighted by atomic mass is 9.88. The summed E-state index contributed by atoms with van der Waals surface area (Å²) in [5, 5.41) is 8.98. The van der Waals surface area contributed by atoms with Gasteiger partial charge in [-0.2, -0.15) is 0 Å². The summed E-state index contributed by atoms with van der Waals surface area (Å²) in [6.07, 6.45) is 0.457. The SMILES string of the molecule is CC(C)(CC(=O)N1CCC(C)(C(N)=O)C1)C(=O)O. The molecule has 1 heterocycles. The van der Waals surface area contributed by atoms with Gasteiger partial charge in [-0.1, -0.05) is 0 Å². The molecule has 1 atom stereocenters. The highest BCUT2D eigenvalue weighted by molar-refractivity contribution is 5.86. The van der Waals surface area contributed by atoms with Gasteiger partial charge in [-0.25, -0.2) is 0 Å². The first-order valence-electron chi connectivity index (χ1n) is 5.89. The Bertz CT molecular complexity index is 392. The van der Waals surface area contributed by atoms with Crippen LogP contribution in [0, 0.1) is 10.8 Å². The molecule has 102 valence electrons. The van der Waals surface area contributed by atoms with Crippen LogP contribution in [0.3, 0.4) is 0 Å². The molecule has 0 spiro atoms. The molecule has 1 aliphatic rings. The first-order valence-corrected chi connectivity index (χ1v) is 5.89. The third-order valence-corrected chi connectivity index (χ3v) is 3.59. The third kappa shape index (κ3) is 2.80. The minimum Gasteiger partial charge on any atom is -0.481 e. The average Bonchev–Trinajstić information content (AvgIpc) is 2.61. The van der Waals surface area contributed by atoms with Crippen molar-refractivity contribution in [1.29, 1.82) is 0 Å². The lowest BCUT2D eigenvalue weighted by Crippen LogP contribution is -2.40. The Balaban J connectivity index is 2.67. The number of amides is 2. The predicted octanol–water partition coefficient (Wildman–Crippen LogP) is 0.211. The fourth-order valence-electron chi connectivity index (χ4n) is 1.94. The van der Waals surface area contributed by atoms with Crippen LogP contribution >= 0.6 is 0 Å². The minimum absolute atomic E-state index is 0.0722. The first kappa shape index (κ1) is 14.5. The molecule has 0 aromatic heterocycles. The quantitative estimate of drug-likeness (QED) is 0.750. The maximum Gasteiger partial charge on any atom is 0.309 e. The zero-order valence-corrected chi connectivity index (χ0v) is 11.0. The number of carbonyl (C=O) groups excluding carboxylic acids is 2. The smallest absolute Gasteiger partial charge is 0.309 e. The molecular weight excluding hydrogens is 236 g/mol. The van der Waals surface area contributed by atoms with Crippen molar-refractivity contribution in [1.82, 2.24) is 4.90 Å². The van der Waals surface area contributed by atoms with Gasteiger partial charge in [0.1, 0.15) is 0 Å². The molecule has 6 nitrogen and oxygen atoms in total. The Morgan fingerprint density at radius 3 is 2.33 bits per heavy atom.